The van der Waals surface area contributed by atoms with Crippen LogP contribution in [0.5, 0.6) is 0 Å². The molecular formula is C7H9NO3S. The number of aliphatic carboxylic acids is 1. The molecule has 0 radical (unpaired) electrons. The van der Waals surface area contributed by atoms with Crippen molar-refractivity contribution in [2.75, 3.05) is 12.3 Å². The van der Waals surface area contributed by atoms with Crippen LogP contribution in [0.3, 0.4) is 0 Å². The number of thioether (sulfide) groups is 1. The lowest BCUT2D eigenvalue weighted by Gasteiger charge is -2.12. The van der Waals surface area contributed by atoms with E-state index in [0.29, 0.717) is 17.3 Å². The van der Waals surface area contributed by atoms with Crippen molar-refractivity contribution in [3.63, 3.8) is 0 Å². The standard InChI is InChI=1S/C7H9NO3S/c1-2-8-5(9)4-12-6(8)3-7(10)11/h3H,2,4H2,1H3,(H,10,11)/b6-3+. The van der Waals surface area contributed by atoms with E-state index >= 15 is 0 Å². The van der Waals surface area contributed by atoms with Crippen molar-refractivity contribution in [3.05, 3.63) is 11.1 Å². The number of carbonyl (C=O) groups is 2. The van der Waals surface area contributed by atoms with E-state index in [-0.39, 0.29) is 5.91 Å². The third kappa shape index (κ3) is 1.79. The Hall–Kier alpha value is -0.970. The molecule has 0 aromatic rings. The van der Waals surface area contributed by atoms with Crippen molar-refractivity contribution in [1.82, 2.24) is 4.90 Å². The van der Waals surface area contributed by atoms with Crippen LogP contribution in [0.1, 0.15) is 6.92 Å². The van der Waals surface area contributed by atoms with Gasteiger partial charge in [-0.15, -0.1) is 0 Å². The van der Waals surface area contributed by atoms with Gasteiger partial charge < -0.3 is 10.0 Å². The summed E-state index contributed by atoms with van der Waals surface area (Å²) < 4.78 is 0. The Morgan fingerprint density at radius 2 is 2.50 bits per heavy atom. The summed E-state index contributed by atoms with van der Waals surface area (Å²) in [6, 6.07) is 0. The van der Waals surface area contributed by atoms with Gasteiger partial charge in [-0.2, -0.15) is 0 Å². The fraction of sp³-hybridized carbons (Fsp3) is 0.429. The van der Waals surface area contributed by atoms with E-state index in [2.05, 4.69) is 0 Å². The summed E-state index contributed by atoms with van der Waals surface area (Å²) in [5.41, 5.74) is 0. The molecule has 0 unspecified atom stereocenters. The molecule has 12 heavy (non-hydrogen) atoms. The van der Waals surface area contributed by atoms with Crippen LogP contribution in [-0.4, -0.2) is 34.2 Å². The SMILES string of the molecule is CCN1C(=O)CS/C1=C/C(=O)O. The number of carboxylic acids is 1. The third-order valence-corrected chi connectivity index (χ3v) is 2.50. The van der Waals surface area contributed by atoms with Crippen molar-refractivity contribution >= 4 is 23.6 Å². The second-order valence-corrected chi connectivity index (χ2v) is 3.24. The van der Waals surface area contributed by atoms with Gasteiger partial charge in [0, 0.05) is 6.54 Å². The Morgan fingerprint density at radius 1 is 1.83 bits per heavy atom. The highest BCUT2D eigenvalue weighted by Gasteiger charge is 2.25. The average Bonchev–Trinajstić information content (AvgIpc) is 2.30. The molecule has 1 N–H and O–H groups in total. The van der Waals surface area contributed by atoms with Crippen LogP contribution in [0.2, 0.25) is 0 Å². The summed E-state index contributed by atoms with van der Waals surface area (Å²) in [5.74, 6) is -0.673. The molecule has 4 nitrogen and oxygen atoms in total. The van der Waals surface area contributed by atoms with Crippen LogP contribution in [-0.2, 0) is 9.59 Å². The van der Waals surface area contributed by atoms with Crippen LogP contribution < -0.4 is 0 Å². The van der Waals surface area contributed by atoms with Crippen molar-refractivity contribution in [2.24, 2.45) is 0 Å². The monoisotopic (exact) mass is 187 g/mol. The predicted molar refractivity (Wildman–Crippen MR) is 45.6 cm³/mol. The van der Waals surface area contributed by atoms with Gasteiger partial charge in [0.05, 0.1) is 16.9 Å². The van der Waals surface area contributed by atoms with E-state index in [0.717, 1.165) is 6.08 Å². The van der Waals surface area contributed by atoms with Gasteiger partial charge in [0.2, 0.25) is 5.91 Å². The molecule has 1 rings (SSSR count). The molecule has 1 aliphatic heterocycles. The smallest absolute Gasteiger partial charge is 0.330 e. The first kappa shape index (κ1) is 9.12. The van der Waals surface area contributed by atoms with Gasteiger partial charge in [-0.1, -0.05) is 11.8 Å². The summed E-state index contributed by atoms with van der Waals surface area (Å²) in [5, 5.41) is 8.98. The first-order valence-electron chi connectivity index (χ1n) is 3.53. The van der Waals surface area contributed by atoms with Gasteiger partial charge >= 0.3 is 5.97 Å². The Morgan fingerprint density at radius 3 is 3.00 bits per heavy atom. The molecule has 0 bridgehead atoms. The van der Waals surface area contributed by atoms with Crippen LogP contribution in [0, 0.1) is 0 Å². The van der Waals surface area contributed by atoms with Gasteiger partial charge in [0.15, 0.2) is 0 Å². The van der Waals surface area contributed by atoms with Crippen molar-refractivity contribution in [2.45, 2.75) is 6.92 Å². The van der Waals surface area contributed by atoms with E-state index in [1.165, 1.54) is 16.7 Å². The van der Waals surface area contributed by atoms with Gasteiger partial charge in [-0.3, -0.25) is 4.79 Å². The van der Waals surface area contributed by atoms with E-state index in [9.17, 15) is 9.59 Å². The zero-order valence-electron chi connectivity index (χ0n) is 6.61. The number of hydrogen-bond donors (Lipinski definition) is 1. The molecule has 1 heterocycles. The van der Waals surface area contributed by atoms with E-state index < -0.39 is 5.97 Å². The topological polar surface area (TPSA) is 57.6 Å². The molecule has 0 aromatic heterocycles. The minimum Gasteiger partial charge on any atom is -0.478 e. The highest BCUT2D eigenvalue weighted by molar-refractivity contribution is 8.04. The molecule has 0 atom stereocenters. The zero-order valence-corrected chi connectivity index (χ0v) is 7.43. The molecule has 0 saturated carbocycles. The lowest BCUT2D eigenvalue weighted by atomic mass is 10.5. The normalized spacial score (nSPS) is 20.6. The third-order valence-electron chi connectivity index (χ3n) is 1.47. The summed E-state index contributed by atoms with van der Waals surface area (Å²) in [6.45, 7) is 2.35. The fourth-order valence-corrected chi connectivity index (χ4v) is 1.97. The number of amides is 1. The number of rotatable bonds is 2. The summed E-state index contributed by atoms with van der Waals surface area (Å²) >= 11 is 1.27. The molecule has 66 valence electrons. The minimum atomic E-state index is -1.01. The highest BCUT2D eigenvalue weighted by Crippen LogP contribution is 2.27. The number of carboxylic acid groups (broad SMARTS) is 1. The second kappa shape index (κ2) is 3.62. The number of carbonyl (C=O) groups excluding carboxylic acids is 1. The van der Waals surface area contributed by atoms with Gasteiger partial charge in [-0.25, -0.2) is 4.79 Å². The lowest BCUT2D eigenvalue weighted by molar-refractivity contribution is -0.131. The lowest BCUT2D eigenvalue weighted by Crippen LogP contribution is -2.24. The summed E-state index contributed by atoms with van der Waals surface area (Å²) in [7, 11) is 0. The average molecular weight is 187 g/mol. The first-order valence-corrected chi connectivity index (χ1v) is 4.51. The Balaban J connectivity index is 2.79. The quantitative estimate of drug-likeness (QED) is 0.640. The van der Waals surface area contributed by atoms with Crippen LogP contribution in [0.25, 0.3) is 0 Å². The highest BCUT2D eigenvalue weighted by atomic mass is 32.2. The molecule has 0 spiro atoms. The van der Waals surface area contributed by atoms with Gasteiger partial charge in [0.1, 0.15) is 0 Å². The predicted octanol–water partition coefficient (Wildman–Crippen LogP) is 0.508. The maximum absolute atomic E-state index is 11.1. The molecule has 0 aliphatic carbocycles. The largest absolute Gasteiger partial charge is 0.478 e. The molecule has 1 fully saturated rings. The molecule has 0 aromatic carbocycles. The molecule has 1 aliphatic rings. The van der Waals surface area contributed by atoms with E-state index in [4.69, 9.17) is 5.11 Å². The minimum absolute atomic E-state index is 0.0185. The van der Waals surface area contributed by atoms with E-state index in [1.807, 2.05) is 6.92 Å². The van der Waals surface area contributed by atoms with E-state index in [1.54, 1.807) is 0 Å². The molecule has 1 saturated heterocycles. The number of hydrogen-bond acceptors (Lipinski definition) is 3. The maximum atomic E-state index is 11.1. The molecular weight excluding hydrogens is 178 g/mol. The Labute approximate surface area is 74.2 Å². The van der Waals surface area contributed by atoms with Crippen molar-refractivity contribution in [3.8, 4) is 0 Å². The summed E-state index contributed by atoms with van der Waals surface area (Å²) in [6.07, 6.45) is 1.07. The molecule has 5 heteroatoms. The van der Waals surface area contributed by atoms with Crippen LogP contribution in [0.15, 0.2) is 11.1 Å². The second-order valence-electron chi connectivity index (χ2n) is 2.25. The zero-order chi connectivity index (χ0) is 9.14. The Kier molecular flexibility index (Phi) is 2.75. The Bertz CT molecular complexity index is 249. The van der Waals surface area contributed by atoms with Crippen molar-refractivity contribution in [1.29, 1.82) is 0 Å². The fourth-order valence-electron chi connectivity index (χ4n) is 0.972. The van der Waals surface area contributed by atoms with Gasteiger partial charge in [-0.05, 0) is 6.92 Å². The van der Waals surface area contributed by atoms with Gasteiger partial charge in [0.25, 0.3) is 0 Å². The van der Waals surface area contributed by atoms with Crippen LogP contribution >= 0.6 is 11.8 Å². The van der Waals surface area contributed by atoms with Crippen molar-refractivity contribution < 1.29 is 14.7 Å². The first-order chi connectivity index (χ1) is 5.65. The number of nitrogens with zero attached hydrogens (tertiary/aromatic N) is 1. The summed E-state index contributed by atoms with van der Waals surface area (Å²) in [4.78, 5) is 22.8. The van der Waals surface area contributed by atoms with Crippen LogP contribution in [0.4, 0.5) is 0 Å². The molecule has 1 amide bonds. The maximum Gasteiger partial charge on any atom is 0.330 e.